The zero-order chi connectivity index (χ0) is 9.26. The summed E-state index contributed by atoms with van der Waals surface area (Å²) in [6.07, 6.45) is 1.84. The molecule has 2 heteroatoms. The monoisotopic (exact) mass is 172 g/mol. The maximum Gasteiger partial charge on any atom is 0.0702 e. The second-order valence-electron chi connectivity index (χ2n) is 3.25. The molecule has 0 bridgehead atoms. The summed E-state index contributed by atoms with van der Waals surface area (Å²) in [7, 11) is 0. The number of hydrogen-bond acceptors (Lipinski definition) is 2. The van der Waals surface area contributed by atoms with Crippen molar-refractivity contribution in [1.29, 1.82) is 0 Å². The number of nitrogens with two attached hydrogens (primary N) is 1. The third kappa shape index (κ3) is 1.53. The van der Waals surface area contributed by atoms with Gasteiger partial charge in [0.2, 0.25) is 0 Å². The molecule has 66 valence electrons. The number of pyridine rings is 1. The number of aromatic nitrogens is 1. The molecule has 2 N–H and O–H groups in total. The van der Waals surface area contributed by atoms with Gasteiger partial charge in [0.05, 0.1) is 5.52 Å². The lowest BCUT2D eigenvalue weighted by Gasteiger charge is -2.05. The Kier molecular flexibility index (Phi) is 1.99. The summed E-state index contributed by atoms with van der Waals surface area (Å²) in [6, 6.07) is 10.2. The molecule has 2 aromatic rings. The molecule has 0 saturated heterocycles. The summed E-state index contributed by atoms with van der Waals surface area (Å²) in [5, 5.41) is 1.15. The lowest BCUT2D eigenvalue weighted by Crippen LogP contribution is -2.04. The second-order valence-corrected chi connectivity index (χ2v) is 3.25. The Hall–Kier alpha value is -1.41. The summed E-state index contributed by atoms with van der Waals surface area (Å²) in [4.78, 5) is 4.32. The maximum atomic E-state index is 5.76. The van der Waals surface area contributed by atoms with Crippen molar-refractivity contribution in [2.75, 3.05) is 0 Å². The molecule has 0 aliphatic heterocycles. The van der Waals surface area contributed by atoms with Crippen LogP contribution in [0.25, 0.3) is 10.9 Å². The van der Waals surface area contributed by atoms with E-state index >= 15 is 0 Å². The minimum absolute atomic E-state index is 0.0529. The van der Waals surface area contributed by atoms with E-state index in [1.165, 1.54) is 0 Å². The van der Waals surface area contributed by atoms with Gasteiger partial charge in [-0.05, 0) is 24.6 Å². The molecular weight excluding hydrogens is 160 g/mol. The number of fused-ring (bicyclic) bond motifs is 1. The number of benzene rings is 1. The zero-order valence-corrected chi connectivity index (χ0v) is 7.57. The molecule has 1 aromatic carbocycles. The minimum atomic E-state index is 0.0529. The van der Waals surface area contributed by atoms with Gasteiger partial charge in [0, 0.05) is 17.6 Å². The predicted octanol–water partition coefficient (Wildman–Crippen LogP) is 2.25. The Labute approximate surface area is 77.4 Å². The first-order valence-electron chi connectivity index (χ1n) is 4.37. The van der Waals surface area contributed by atoms with Crippen LogP contribution < -0.4 is 5.73 Å². The Morgan fingerprint density at radius 3 is 2.85 bits per heavy atom. The Balaban J connectivity index is 2.62. The van der Waals surface area contributed by atoms with Crippen LogP contribution in [0.1, 0.15) is 18.5 Å². The zero-order valence-electron chi connectivity index (χ0n) is 7.57. The maximum absolute atomic E-state index is 5.76. The van der Waals surface area contributed by atoms with Crippen LogP contribution in [-0.4, -0.2) is 4.98 Å². The minimum Gasteiger partial charge on any atom is -0.324 e. The van der Waals surface area contributed by atoms with Gasteiger partial charge >= 0.3 is 0 Å². The van der Waals surface area contributed by atoms with E-state index in [-0.39, 0.29) is 6.04 Å². The molecule has 1 aromatic heterocycles. The molecule has 0 fully saturated rings. The summed E-state index contributed by atoms with van der Waals surface area (Å²) >= 11 is 0. The Morgan fingerprint density at radius 1 is 1.31 bits per heavy atom. The Bertz CT molecular complexity index is 421. The van der Waals surface area contributed by atoms with Crippen molar-refractivity contribution < 1.29 is 0 Å². The van der Waals surface area contributed by atoms with Gasteiger partial charge in [0.1, 0.15) is 0 Å². The molecule has 1 atom stereocenters. The molecular formula is C11H12N2. The van der Waals surface area contributed by atoms with Crippen molar-refractivity contribution in [2.24, 2.45) is 5.73 Å². The van der Waals surface area contributed by atoms with Gasteiger partial charge in [-0.25, -0.2) is 0 Å². The smallest absolute Gasteiger partial charge is 0.0702 e. The van der Waals surface area contributed by atoms with Crippen LogP contribution in [0.15, 0.2) is 36.5 Å². The fraction of sp³-hybridized carbons (Fsp3) is 0.182. The fourth-order valence-electron chi connectivity index (χ4n) is 1.34. The number of nitrogens with zero attached hydrogens (tertiary/aromatic N) is 1. The van der Waals surface area contributed by atoms with Crippen LogP contribution in [0.3, 0.4) is 0 Å². The number of rotatable bonds is 1. The molecule has 0 aliphatic rings. The largest absolute Gasteiger partial charge is 0.324 e. The molecule has 2 nitrogen and oxygen atoms in total. The third-order valence-electron chi connectivity index (χ3n) is 2.14. The van der Waals surface area contributed by atoms with Crippen molar-refractivity contribution in [3.05, 3.63) is 42.1 Å². The first-order chi connectivity index (χ1) is 6.27. The molecule has 2 rings (SSSR count). The standard InChI is InChI=1S/C11H12N2/c1-8(12)10-6-9-4-2-3-5-11(9)13-7-10/h2-8H,12H2,1H3/t8-/m0/s1. The Morgan fingerprint density at radius 2 is 2.08 bits per heavy atom. The summed E-state index contributed by atoms with van der Waals surface area (Å²) in [5.41, 5.74) is 7.87. The highest BCUT2D eigenvalue weighted by atomic mass is 14.7. The van der Waals surface area contributed by atoms with Gasteiger partial charge in [-0.1, -0.05) is 18.2 Å². The highest BCUT2D eigenvalue weighted by molar-refractivity contribution is 5.78. The lowest BCUT2D eigenvalue weighted by molar-refractivity contribution is 0.814. The number of hydrogen-bond donors (Lipinski definition) is 1. The van der Waals surface area contributed by atoms with Crippen LogP contribution in [0.2, 0.25) is 0 Å². The van der Waals surface area contributed by atoms with Crippen LogP contribution in [0.4, 0.5) is 0 Å². The van der Waals surface area contributed by atoms with Gasteiger partial charge in [-0.2, -0.15) is 0 Å². The average Bonchev–Trinajstić information content (AvgIpc) is 2.17. The lowest BCUT2D eigenvalue weighted by atomic mass is 10.1. The van der Waals surface area contributed by atoms with Crippen LogP contribution in [0.5, 0.6) is 0 Å². The first kappa shape index (κ1) is 8.20. The molecule has 1 heterocycles. The van der Waals surface area contributed by atoms with E-state index < -0.39 is 0 Å². The van der Waals surface area contributed by atoms with E-state index in [0.29, 0.717) is 0 Å². The van der Waals surface area contributed by atoms with Crippen molar-refractivity contribution in [1.82, 2.24) is 4.98 Å². The van der Waals surface area contributed by atoms with Gasteiger partial charge in [-0.15, -0.1) is 0 Å². The molecule has 0 unspecified atom stereocenters. The topological polar surface area (TPSA) is 38.9 Å². The molecule has 0 amide bonds. The van der Waals surface area contributed by atoms with Gasteiger partial charge in [-0.3, -0.25) is 4.98 Å². The SMILES string of the molecule is C[C@H](N)c1cnc2ccccc2c1. The quantitative estimate of drug-likeness (QED) is 0.716. The van der Waals surface area contributed by atoms with Crippen LogP contribution in [0, 0.1) is 0 Å². The predicted molar refractivity (Wildman–Crippen MR) is 54.3 cm³/mol. The van der Waals surface area contributed by atoms with Crippen LogP contribution >= 0.6 is 0 Å². The van der Waals surface area contributed by atoms with Gasteiger partial charge in [0.15, 0.2) is 0 Å². The van der Waals surface area contributed by atoms with E-state index in [4.69, 9.17) is 5.73 Å². The normalized spacial score (nSPS) is 13.1. The number of para-hydroxylation sites is 1. The van der Waals surface area contributed by atoms with E-state index in [9.17, 15) is 0 Å². The van der Waals surface area contributed by atoms with Crippen molar-refractivity contribution in [3.63, 3.8) is 0 Å². The van der Waals surface area contributed by atoms with E-state index in [2.05, 4.69) is 11.1 Å². The molecule has 13 heavy (non-hydrogen) atoms. The first-order valence-corrected chi connectivity index (χ1v) is 4.37. The van der Waals surface area contributed by atoms with Crippen molar-refractivity contribution in [3.8, 4) is 0 Å². The molecule has 0 spiro atoms. The fourth-order valence-corrected chi connectivity index (χ4v) is 1.34. The van der Waals surface area contributed by atoms with Crippen molar-refractivity contribution >= 4 is 10.9 Å². The third-order valence-corrected chi connectivity index (χ3v) is 2.14. The highest BCUT2D eigenvalue weighted by Gasteiger charge is 2.00. The van der Waals surface area contributed by atoms with Gasteiger partial charge < -0.3 is 5.73 Å². The second kappa shape index (κ2) is 3.15. The van der Waals surface area contributed by atoms with Gasteiger partial charge in [0.25, 0.3) is 0 Å². The molecule has 0 saturated carbocycles. The van der Waals surface area contributed by atoms with E-state index in [0.717, 1.165) is 16.5 Å². The van der Waals surface area contributed by atoms with Crippen molar-refractivity contribution in [2.45, 2.75) is 13.0 Å². The summed E-state index contributed by atoms with van der Waals surface area (Å²) in [6.45, 7) is 1.96. The van der Waals surface area contributed by atoms with E-state index in [1.807, 2.05) is 37.4 Å². The molecule has 0 radical (unpaired) electrons. The van der Waals surface area contributed by atoms with E-state index in [1.54, 1.807) is 0 Å². The highest BCUT2D eigenvalue weighted by Crippen LogP contribution is 2.15. The summed E-state index contributed by atoms with van der Waals surface area (Å²) < 4.78 is 0. The summed E-state index contributed by atoms with van der Waals surface area (Å²) in [5.74, 6) is 0. The molecule has 0 aliphatic carbocycles. The van der Waals surface area contributed by atoms with Crippen LogP contribution in [-0.2, 0) is 0 Å². The average molecular weight is 172 g/mol.